The van der Waals surface area contributed by atoms with Crippen LogP contribution in [0.1, 0.15) is 47.1 Å². The molecule has 6 heteroatoms. The Kier molecular flexibility index (Phi) is 5.42. The maximum absolute atomic E-state index is 11.2. The first-order chi connectivity index (χ1) is 11.0. The molecule has 2 rings (SSSR count). The van der Waals surface area contributed by atoms with Crippen molar-refractivity contribution in [3.8, 4) is 0 Å². The van der Waals surface area contributed by atoms with Crippen LogP contribution in [0.25, 0.3) is 0 Å². The maximum Gasteiger partial charge on any atom is 0.494 e. The Hall–Kier alpha value is -1.37. The van der Waals surface area contributed by atoms with Gasteiger partial charge >= 0.3 is 13.1 Å². The lowest BCUT2D eigenvalue weighted by molar-refractivity contribution is -0.140. The number of aliphatic carboxylic acids is 1. The topological polar surface area (TPSA) is 67.8 Å². The third-order valence-electron chi connectivity index (χ3n) is 4.96. The number of benzene rings is 1. The lowest BCUT2D eigenvalue weighted by Crippen LogP contribution is -2.41. The molecule has 0 bridgehead atoms. The van der Waals surface area contributed by atoms with Crippen molar-refractivity contribution in [3.05, 3.63) is 29.8 Å². The average molecular weight is 333 g/mol. The number of carboxylic acid groups (broad SMARTS) is 1. The number of hydrogen-bond acceptors (Lipinski definition) is 4. The van der Waals surface area contributed by atoms with Crippen molar-refractivity contribution in [3.63, 3.8) is 0 Å². The summed E-state index contributed by atoms with van der Waals surface area (Å²) >= 11 is 0. The zero-order chi connectivity index (χ0) is 18.1. The van der Waals surface area contributed by atoms with E-state index in [9.17, 15) is 9.90 Å². The normalized spacial score (nSPS) is 20.4. The minimum atomic E-state index is -0.821. The monoisotopic (exact) mass is 333 g/mol. The molecule has 1 unspecified atom stereocenters. The Morgan fingerprint density at radius 2 is 1.62 bits per heavy atom. The molecule has 1 atom stereocenters. The predicted molar refractivity (Wildman–Crippen MR) is 95.3 cm³/mol. The molecule has 24 heavy (non-hydrogen) atoms. The highest BCUT2D eigenvalue weighted by atomic mass is 16.7. The zero-order valence-corrected chi connectivity index (χ0v) is 15.4. The molecule has 1 aromatic rings. The van der Waals surface area contributed by atoms with Crippen LogP contribution in [-0.2, 0) is 20.6 Å². The van der Waals surface area contributed by atoms with E-state index < -0.39 is 12.0 Å². The van der Waals surface area contributed by atoms with Gasteiger partial charge in [-0.05, 0) is 44.6 Å². The highest BCUT2D eigenvalue weighted by Gasteiger charge is 2.51. The highest BCUT2D eigenvalue weighted by molar-refractivity contribution is 6.62. The van der Waals surface area contributed by atoms with Crippen molar-refractivity contribution < 1.29 is 19.2 Å². The second kappa shape index (κ2) is 6.86. The quantitative estimate of drug-likeness (QED) is 0.781. The minimum Gasteiger partial charge on any atom is -0.480 e. The third-order valence-corrected chi connectivity index (χ3v) is 4.96. The zero-order valence-electron chi connectivity index (χ0n) is 15.4. The molecular formula is C18H28BNO4. The van der Waals surface area contributed by atoms with Gasteiger partial charge in [0, 0.05) is 6.54 Å². The molecule has 1 aliphatic rings. The fourth-order valence-corrected chi connectivity index (χ4v) is 2.61. The first-order valence-corrected chi connectivity index (χ1v) is 8.44. The fraction of sp³-hybridized carbons (Fsp3) is 0.611. The molecule has 2 N–H and O–H groups in total. The first-order valence-electron chi connectivity index (χ1n) is 8.44. The summed E-state index contributed by atoms with van der Waals surface area (Å²) in [7, 11) is -0.376. The number of carbonyl (C=O) groups is 1. The van der Waals surface area contributed by atoms with Gasteiger partial charge in [0.1, 0.15) is 6.04 Å². The Balaban J connectivity index is 2.00. The largest absolute Gasteiger partial charge is 0.494 e. The highest BCUT2D eigenvalue weighted by Crippen LogP contribution is 2.36. The van der Waals surface area contributed by atoms with Gasteiger partial charge < -0.3 is 19.7 Å². The molecule has 0 radical (unpaired) electrons. The van der Waals surface area contributed by atoms with Crippen LogP contribution in [0.2, 0.25) is 0 Å². The molecule has 132 valence electrons. The Morgan fingerprint density at radius 1 is 1.12 bits per heavy atom. The number of rotatable bonds is 6. The fourth-order valence-electron chi connectivity index (χ4n) is 2.61. The van der Waals surface area contributed by atoms with Gasteiger partial charge in [0.25, 0.3) is 0 Å². The van der Waals surface area contributed by atoms with E-state index in [1.807, 2.05) is 65.8 Å². The van der Waals surface area contributed by atoms with Crippen LogP contribution < -0.4 is 10.8 Å². The van der Waals surface area contributed by atoms with Crippen molar-refractivity contribution in [1.29, 1.82) is 0 Å². The molecule has 0 spiro atoms. The van der Waals surface area contributed by atoms with Gasteiger partial charge in [-0.2, -0.15) is 0 Å². The van der Waals surface area contributed by atoms with Crippen LogP contribution in [0.15, 0.2) is 24.3 Å². The molecule has 1 aromatic carbocycles. The average Bonchev–Trinajstić information content (AvgIpc) is 2.67. The van der Waals surface area contributed by atoms with Crippen LogP contribution in [0.4, 0.5) is 0 Å². The van der Waals surface area contributed by atoms with Crippen molar-refractivity contribution >= 4 is 18.6 Å². The van der Waals surface area contributed by atoms with E-state index in [0.717, 1.165) is 11.0 Å². The smallest absolute Gasteiger partial charge is 0.480 e. The Morgan fingerprint density at radius 3 is 2.04 bits per heavy atom. The van der Waals surface area contributed by atoms with Gasteiger partial charge in [-0.3, -0.25) is 4.79 Å². The van der Waals surface area contributed by atoms with E-state index in [1.54, 1.807) is 0 Å². The number of hydrogen-bond donors (Lipinski definition) is 2. The molecule has 0 amide bonds. The molecule has 1 saturated heterocycles. The molecule has 1 heterocycles. The van der Waals surface area contributed by atoms with Crippen LogP contribution >= 0.6 is 0 Å². The summed E-state index contributed by atoms with van der Waals surface area (Å²) in [6, 6.07) is 7.36. The summed E-state index contributed by atoms with van der Waals surface area (Å²) in [5.74, 6) is -0.787. The summed E-state index contributed by atoms with van der Waals surface area (Å²) in [5, 5.41) is 12.3. The van der Waals surface area contributed by atoms with Crippen LogP contribution in [0.5, 0.6) is 0 Å². The maximum atomic E-state index is 11.2. The van der Waals surface area contributed by atoms with Gasteiger partial charge in [0.15, 0.2) is 0 Å². The van der Waals surface area contributed by atoms with Crippen LogP contribution in [0.3, 0.4) is 0 Å². The van der Waals surface area contributed by atoms with E-state index in [1.165, 1.54) is 0 Å². The second-order valence-corrected chi connectivity index (χ2v) is 7.77. The van der Waals surface area contributed by atoms with Gasteiger partial charge in [0.05, 0.1) is 11.2 Å². The van der Waals surface area contributed by atoms with Crippen molar-refractivity contribution in [2.24, 2.45) is 5.92 Å². The van der Waals surface area contributed by atoms with Gasteiger partial charge in [-0.1, -0.05) is 38.1 Å². The summed E-state index contributed by atoms with van der Waals surface area (Å²) in [4.78, 5) is 11.2. The molecular weight excluding hydrogens is 305 g/mol. The summed E-state index contributed by atoms with van der Waals surface area (Å²) in [6.07, 6.45) is 0. The SMILES string of the molecule is CC(C)C(NCc1ccc(B2OC(C)(C)C(C)(C)O2)cc1)C(=O)O. The molecule has 0 aliphatic carbocycles. The molecule has 1 aliphatic heterocycles. The van der Waals surface area contributed by atoms with E-state index in [-0.39, 0.29) is 24.2 Å². The van der Waals surface area contributed by atoms with E-state index in [4.69, 9.17) is 9.31 Å². The second-order valence-electron chi connectivity index (χ2n) is 7.77. The van der Waals surface area contributed by atoms with Crippen LogP contribution in [0, 0.1) is 5.92 Å². The molecule has 0 saturated carbocycles. The van der Waals surface area contributed by atoms with Gasteiger partial charge in [-0.25, -0.2) is 0 Å². The summed E-state index contributed by atoms with van der Waals surface area (Å²) in [6.45, 7) is 12.4. The van der Waals surface area contributed by atoms with Crippen LogP contribution in [-0.4, -0.2) is 35.4 Å². The number of carboxylic acids is 1. The van der Waals surface area contributed by atoms with Crippen molar-refractivity contribution in [1.82, 2.24) is 5.32 Å². The predicted octanol–water partition coefficient (Wildman–Crippen LogP) is 2.18. The standard InChI is InChI=1S/C18H28BNO4/c1-12(2)15(16(21)22)20-11-13-7-9-14(10-8-13)19-23-17(3,4)18(5,6)24-19/h7-10,12,15,20H,11H2,1-6H3,(H,21,22). The summed E-state index contributed by atoms with van der Waals surface area (Å²) < 4.78 is 12.1. The Labute approximate surface area is 144 Å². The molecule has 1 fully saturated rings. The van der Waals surface area contributed by atoms with Gasteiger partial charge in [-0.15, -0.1) is 0 Å². The van der Waals surface area contributed by atoms with Gasteiger partial charge in [0.2, 0.25) is 0 Å². The van der Waals surface area contributed by atoms with E-state index in [0.29, 0.717) is 6.54 Å². The molecule has 5 nitrogen and oxygen atoms in total. The van der Waals surface area contributed by atoms with E-state index >= 15 is 0 Å². The Bertz CT molecular complexity index is 567. The third kappa shape index (κ3) is 3.99. The minimum absolute atomic E-state index is 0.0338. The summed E-state index contributed by atoms with van der Waals surface area (Å²) in [5.41, 5.74) is 1.28. The van der Waals surface area contributed by atoms with Crippen molar-refractivity contribution in [2.45, 2.75) is 65.3 Å². The molecule has 0 aromatic heterocycles. The first kappa shape index (κ1) is 19.0. The number of nitrogens with one attached hydrogen (secondary N) is 1. The lowest BCUT2D eigenvalue weighted by atomic mass is 9.79. The lowest BCUT2D eigenvalue weighted by Gasteiger charge is -2.32. The van der Waals surface area contributed by atoms with Crippen molar-refractivity contribution in [2.75, 3.05) is 0 Å². The van der Waals surface area contributed by atoms with E-state index in [2.05, 4.69) is 5.32 Å².